The number of hydrogen-bond acceptors (Lipinski definition) is 3. The third kappa shape index (κ3) is 1.05. The molecule has 0 aromatic carbocycles. The van der Waals surface area contributed by atoms with E-state index < -0.39 is 0 Å². The fourth-order valence-corrected chi connectivity index (χ4v) is 1.94. The van der Waals surface area contributed by atoms with Crippen molar-refractivity contribution in [1.29, 1.82) is 0 Å². The first-order valence-electron chi connectivity index (χ1n) is 3.99. The molecule has 2 aliphatic heterocycles. The molecule has 2 unspecified atom stereocenters. The third-order valence-electron chi connectivity index (χ3n) is 2.46. The van der Waals surface area contributed by atoms with Crippen LogP contribution in [0, 0.1) is 0 Å². The van der Waals surface area contributed by atoms with Gasteiger partial charge < -0.3 is 10.4 Å². The summed E-state index contributed by atoms with van der Waals surface area (Å²) in [5, 5.41) is 12.6. The van der Waals surface area contributed by atoms with Crippen LogP contribution in [0.15, 0.2) is 0 Å². The maximum atomic E-state index is 9.29. The first-order valence-corrected chi connectivity index (χ1v) is 3.99. The molecule has 3 heteroatoms. The van der Waals surface area contributed by atoms with Gasteiger partial charge >= 0.3 is 0 Å². The lowest BCUT2D eigenvalue weighted by molar-refractivity contribution is 0.170. The van der Waals surface area contributed by atoms with Crippen LogP contribution in [-0.2, 0) is 0 Å². The number of aliphatic hydroxyl groups is 1. The number of rotatable bonds is 0. The van der Waals surface area contributed by atoms with Crippen LogP contribution in [0.2, 0.25) is 0 Å². The SMILES string of the molecule is OC1CC2CNCCN2C1. The van der Waals surface area contributed by atoms with E-state index in [0.29, 0.717) is 6.04 Å². The lowest BCUT2D eigenvalue weighted by Crippen LogP contribution is -2.47. The molecule has 58 valence electrons. The lowest BCUT2D eigenvalue weighted by atomic mass is 10.2. The molecule has 2 heterocycles. The Kier molecular flexibility index (Phi) is 1.64. The minimum atomic E-state index is -0.0649. The van der Waals surface area contributed by atoms with E-state index in [9.17, 15) is 5.11 Å². The van der Waals surface area contributed by atoms with Crippen molar-refractivity contribution in [2.24, 2.45) is 0 Å². The summed E-state index contributed by atoms with van der Waals surface area (Å²) in [5.41, 5.74) is 0. The molecule has 0 saturated carbocycles. The van der Waals surface area contributed by atoms with Gasteiger partial charge in [0.05, 0.1) is 6.10 Å². The summed E-state index contributed by atoms with van der Waals surface area (Å²) < 4.78 is 0. The van der Waals surface area contributed by atoms with Gasteiger partial charge in [0.25, 0.3) is 0 Å². The first kappa shape index (κ1) is 6.58. The molecule has 2 saturated heterocycles. The lowest BCUT2D eigenvalue weighted by Gasteiger charge is -2.29. The Labute approximate surface area is 61.0 Å². The number of nitrogens with zero attached hydrogens (tertiary/aromatic N) is 1. The summed E-state index contributed by atoms with van der Waals surface area (Å²) in [6, 6.07) is 0.615. The van der Waals surface area contributed by atoms with Crippen molar-refractivity contribution in [2.45, 2.75) is 18.6 Å². The van der Waals surface area contributed by atoms with E-state index in [1.807, 2.05) is 0 Å². The molecule has 3 nitrogen and oxygen atoms in total. The van der Waals surface area contributed by atoms with Gasteiger partial charge in [0.2, 0.25) is 0 Å². The van der Waals surface area contributed by atoms with E-state index in [1.54, 1.807) is 0 Å². The first-order chi connectivity index (χ1) is 4.86. The summed E-state index contributed by atoms with van der Waals surface area (Å²) in [4.78, 5) is 2.38. The molecular weight excluding hydrogens is 128 g/mol. The van der Waals surface area contributed by atoms with Gasteiger partial charge in [-0.1, -0.05) is 0 Å². The van der Waals surface area contributed by atoms with E-state index in [4.69, 9.17) is 0 Å². The van der Waals surface area contributed by atoms with Crippen molar-refractivity contribution < 1.29 is 5.11 Å². The molecule has 0 aromatic heterocycles. The topological polar surface area (TPSA) is 35.5 Å². The average Bonchev–Trinajstić information content (AvgIpc) is 2.27. The van der Waals surface area contributed by atoms with Gasteiger partial charge in [0.15, 0.2) is 0 Å². The van der Waals surface area contributed by atoms with E-state index in [-0.39, 0.29) is 6.10 Å². The van der Waals surface area contributed by atoms with Gasteiger partial charge in [-0.15, -0.1) is 0 Å². The van der Waals surface area contributed by atoms with E-state index in [2.05, 4.69) is 10.2 Å². The van der Waals surface area contributed by atoms with Gasteiger partial charge in [0, 0.05) is 32.2 Å². The van der Waals surface area contributed by atoms with E-state index in [1.165, 1.54) is 0 Å². The molecule has 10 heavy (non-hydrogen) atoms. The Hall–Kier alpha value is -0.120. The second-order valence-electron chi connectivity index (χ2n) is 3.24. The van der Waals surface area contributed by atoms with Gasteiger partial charge in [0.1, 0.15) is 0 Å². The molecule has 0 spiro atoms. The van der Waals surface area contributed by atoms with Crippen LogP contribution in [0.1, 0.15) is 6.42 Å². The Balaban J connectivity index is 1.97. The number of aliphatic hydroxyl groups excluding tert-OH is 1. The Morgan fingerprint density at radius 3 is 3.20 bits per heavy atom. The van der Waals surface area contributed by atoms with Gasteiger partial charge in [-0.2, -0.15) is 0 Å². The maximum absolute atomic E-state index is 9.29. The molecule has 0 aliphatic carbocycles. The molecule has 2 N–H and O–H groups in total. The Morgan fingerprint density at radius 1 is 1.50 bits per heavy atom. The fraction of sp³-hybridized carbons (Fsp3) is 1.00. The van der Waals surface area contributed by atoms with Gasteiger partial charge in [-0.25, -0.2) is 0 Å². The van der Waals surface area contributed by atoms with Crippen LogP contribution in [-0.4, -0.2) is 48.3 Å². The number of hydrogen-bond donors (Lipinski definition) is 2. The second-order valence-corrected chi connectivity index (χ2v) is 3.24. The molecule has 0 radical (unpaired) electrons. The third-order valence-corrected chi connectivity index (χ3v) is 2.46. The van der Waals surface area contributed by atoms with Crippen LogP contribution in [0.4, 0.5) is 0 Å². The van der Waals surface area contributed by atoms with Gasteiger partial charge in [-0.3, -0.25) is 4.90 Å². The summed E-state index contributed by atoms with van der Waals surface area (Å²) in [5.74, 6) is 0. The smallest absolute Gasteiger partial charge is 0.0682 e. The predicted molar refractivity (Wildman–Crippen MR) is 38.9 cm³/mol. The van der Waals surface area contributed by atoms with Crippen LogP contribution < -0.4 is 5.32 Å². The minimum absolute atomic E-state index is 0.0649. The zero-order valence-corrected chi connectivity index (χ0v) is 6.08. The summed E-state index contributed by atoms with van der Waals surface area (Å²) >= 11 is 0. The molecule has 2 fully saturated rings. The van der Waals surface area contributed by atoms with Crippen LogP contribution >= 0.6 is 0 Å². The van der Waals surface area contributed by atoms with Crippen molar-refractivity contribution >= 4 is 0 Å². The van der Waals surface area contributed by atoms with Crippen LogP contribution in [0.25, 0.3) is 0 Å². The molecule has 2 aliphatic rings. The van der Waals surface area contributed by atoms with Crippen molar-refractivity contribution in [2.75, 3.05) is 26.2 Å². The van der Waals surface area contributed by atoms with E-state index >= 15 is 0 Å². The monoisotopic (exact) mass is 142 g/mol. The van der Waals surface area contributed by atoms with Crippen LogP contribution in [0.5, 0.6) is 0 Å². The van der Waals surface area contributed by atoms with Crippen molar-refractivity contribution in [3.63, 3.8) is 0 Å². The Morgan fingerprint density at radius 2 is 2.40 bits per heavy atom. The molecule has 2 rings (SSSR count). The fourth-order valence-electron chi connectivity index (χ4n) is 1.94. The van der Waals surface area contributed by atoms with Gasteiger partial charge in [-0.05, 0) is 6.42 Å². The number of fused-ring (bicyclic) bond motifs is 1. The van der Waals surface area contributed by atoms with Crippen molar-refractivity contribution in [1.82, 2.24) is 10.2 Å². The zero-order chi connectivity index (χ0) is 6.97. The van der Waals surface area contributed by atoms with Crippen molar-refractivity contribution in [3.8, 4) is 0 Å². The molecule has 2 atom stereocenters. The van der Waals surface area contributed by atoms with Crippen molar-refractivity contribution in [3.05, 3.63) is 0 Å². The number of piperazine rings is 1. The molecule has 0 bridgehead atoms. The quantitative estimate of drug-likeness (QED) is 0.456. The van der Waals surface area contributed by atoms with Crippen LogP contribution in [0.3, 0.4) is 0 Å². The average molecular weight is 142 g/mol. The molecule has 0 aromatic rings. The molecule has 0 amide bonds. The van der Waals surface area contributed by atoms with E-state index in [0.717, 1.165) is 32.6 Å². The summed E-state index contributed by atoms with van der Waals surface area (Å²) in [6.45, 7) is 4.16. The highest BCUT2D eigenvalue weighted by Crippen LogP contribution is 2.18. The zero-order valence-electron chi connectivity index (χ0n) is 6.08. The molecular formula is C7H14N2O. The number of nitrogens with one attached hydrogen (secondary N) is 1. The highest BCUT2D eigenvalue weighted by atomic mass is 16.3. The predicted octanol–water partition coefficient (Wildman–Crippen LogP) is -0.975. The highest BCUT2D eigenvalue weighted by molar-refractivity contribution is 4.89. The second kappa shape index (κ2) is 2.49. The standard InChI is InChI=1S/C7H14N2O/c10-7-3-6-4-8-1-2-9(6)5-7/h6-8,10H,1-5H2. The minimum Gasteiger partial charge on any atom is -0.392 e. The maximum Gasteiger partial charge on any atom is 0.0682 e. The summed E-state index contributed by atoms with van der Waals surface area (Å²) in [7, 11) is 0. The summed E-state index contributed by atoms with van der Waals surface area (Å²) in [6.07, 6.45) is 0.900. The normalized spacial score (nSPS) is 41.7. The largest absolute Gasteiger partial charge is 0.392 e. The Bertz CT molecular complexity index is 115. The highest BCUT2D eigenvalue weighted by Gasteiger charge is 2.31.